The standard InChI is InChI=1S/C21H27N5O3/c1-28-17-6-2-3-7-18(17)29-16-21(27)26-14-12-25(13-15-26)20-9-8-19(22-23-20)24-10-4-5-11-24/h2-3,6-9H,4-5,10-16H2,1H3. The Morgan fingerprint density at radius 2 is 1.45 bits per heavy atom. The lowest BCUT2D eigenvalue weighted by atomic mass is 10.3. The smallest absolute Gasteiger partial charge is 0.260 e. The summed E-state index contributed by atoms with van der Waals surface area (Å²) in [5, 5.41) is 8.80. The van der Waals surface area contributed by atoms with Gasteiger partial charge in [-0.1, -0.05) is 12.1 Å². The first-order valence-corrected chi connectivity index (χ1v) is 10.1. The number of carbonyl (C=O) groups is 1. The van der Waals surface area contributed by atoms with E-state index in [2.05, 4.69) is 20.0 Å². The number of ether oxygens (including phenoxy) is 2. The van der Waals surface area contributed by atoms with Crippen molar-refractivity contribution >= 4 is 17.5 Å². The molecule has 1 aromatic carbocycles. The van der Waals surface area contributed by atoms with E-state index in [1.54, 1.807) is 13.2 Å². The predicted octanol–water partition coefficient (Wildman–Crippen LogP) is 1.81. The van der Waals surface area contributed by atoms with Gasteiger partial charge in [0.2, 0.25) is 0 Å². The molecule has 0 spiro atoms. The third-order valence-corrected chi connectivity index (χ3v) is 5.44. The van der Waals surface area contributed by atoms with Crippen LogP contribution in [0.2, 0.25) is 0 Å². The van der Waals surface area contributed by atoms with E-state index >= 15 is 0 Å². The fraction of sp³-hybridized carbons (Fsp3) is 0.476. The summed E-state index contributed by atoms with van der Waals surface area (Å²) in [5.74, 6) is 3.00. The van der Waals surface area contributed by atoms with Crippen LogP contribution in [0.3, 0.4) is 0 Å². The number of nitrogens with zero attached hydrogens (tertiary/aromatic N) is 5. The zero-order valence-corrected chi connectivity index (χ0v) is 16.8. The Hall–Kier alpha value is -3.03. The van der Waals surface area contributed by atoms with Gasteiger partial charge in [0.1, 0.15) is 0 Å². The molecule has 154 valence electrons. The average Bonchev–Trinajstić information content (AvgIpc) is 3.33. The first-order chi connectivity index (χ1) is 14.2. The highest BCUT2D eigenvalue weighted by Crippen LogP contribution is 2.26. The Balaban J connectivity index is 1.27. The summed E-state index contributed by atoms with van der Waals surface area (Å²) < 4.78 is 10.9. The molecule has 2 aliphatic heterocycles. The summed E-state index contributed by atoms with van der Waals surface area (Å²) in [6, 6.07) is 11.4. The molecule has 0 saturated carbocycles. The van der Waals surface area contributed by atoms with Crippen LogP contribution in [0.5, 0.6) is 11.5 Å². The maximum atomic E-state index is 12.5. The maximum absolute atomic E-state index is 12.5. The van der Waals surface area contributed by atoms with Crippen molar-refractivity contribution in [3.05, 3.63) is 36.4 Å². The molecular weight excluding hydrogens is 370 g/mol. The molecule has 3 heterocycles. The van der Waals surface area contributed by atoms with Gasteiger partial charge in [0, 0.05) is 39.3 Å². The van der Waals surface area contributed by atoms with Crippen molar-refractivity contribution in [1.29, 1.82) is 0 Å². The highest BCUT2D eigenvalue weighted by atomic mass is 16.5. The molecule has 1 aromatic heterocycles. The fourth-order valence-electron chi connectivity index (χ4n) is 3.76. The first-order valence-electron chi connectivity index (χ1n) is 10.1. The van der Waals surface area contributed by atoms with E-state index in [-0.39, 0.29) is 12.5 Å². The first kappa shape index (κ1) is 19.3. The van der Waals surface area contributed by atoms with E-state index < -0.39 is 0 Å². The van der Waals surface area contributed by atoms with Crippen LogP contribution in [0, 0.1) is 0 Å². The van der Waals surface area contributed by atoms with Crippen molar-refractivity contribution in [2.75, 3.05) is 62.8 Å². The van der Waals surface area contributed by atoms with Crippen molar-refractivity contribution in [1.82, 2.24) is 15.1 Å². The summed E-state index contributed by atoms with van der Waals surface area (Å²) >= 11 is 0. The van der Waals surface area contributed by atoms with Gasteiger partial charge in [0.15, 0.2) is 29.7 Å². The summed E-state index contributed by atoms with van der Waals surface area (Å²) in [7, 11) is 1.59. The highest BCUT2D eigenvalue weighted by molar-refractivity contribution is 5.78. The normalized spacial score (nSPS) is 16.8. The van der Waals surface area contributed by atoms with Gasteiger partial charge in [0.25, 0.3) is 5.91 Å². The van der Waals surface area contributed by atoms with Crippen LogP contribution >= 0.6 is 0 Å². The second-order valence-corrected chi connectivity index (χ2v) is 7.25. The van der Waals surface area contributed by atoms with Crippen LogP contribution in [-0.2, 0) is 4.79 Å². The largest absolute Gasteiger partial charge is 0.493 e. The monoisotopic (exact) mass is 397 g/mol. The van der Waals surface area contributed by atoms with E-state index in [0.29, 0.717) is 24.6 Å². The van der Waals surface area contributed by atoms with E-state index in [0.717, 1.165) is 37.8 Å². The lowest BCUT2D eigenvalue weighted by molar-refractivity contribution is -0.133. The van der Waals surface area contributed by atoms with Gasteiger partial charge in [0.05, 0.1) is 7.11 Å². The van der Waals surface area contributed by atoms with Crippen molar-refractivity contribution in [2.45, 2.75) is 12.8 Å². The molecular formula is C21H27N5O3. The molecule has 2 aliphatic rings. The summed E-state index contributed by atoms with van der Waals surface area (Å²) in [6.07, 6.45) is 2.44. The number of methoxy groups -OCH3 is 1. The molecule has 0 aliphatic carbocycles. The number of amides is 1. The van der Waals surface area contributed by atoms with Crippen molar-refractivity contribution in [2.24, 2.45) is 0 Å². The molecule has 0 N–H and O–H groups in total. The topological polar surface area (TPSA) is 71.0 Å². The number of hydrogen-bond acceptors (Lipinski definition) is 7. The van der Waals surface area contributed by atoms with Crippen molar-refractivity contribution in [3.63, 3.8) is 0 Å². The maximum Gasteiger partial charge on any atom is 0.260 e. The Morgan fingerprint density at radius 1 is 0.862 bits per heavy atom. The molecule has 8 heteroatoms. The second kappa shape index (κ2) is 8.98. The Bertz CT molecular complexity index is 815. The number of aromatic nitrogens is 2. The van der Waals surface area contributed by atoms with Crippen molar-refractivity contribution < 1.29 is 14.3 Å². The Labute approximate surface area is 171 Å². The number of hydrogen-bond donors (Lipinski definition) is 0. The minimum absolute atomic E-state index is 0.00467. The minimum atomic E-state index is -0.0222. The second-order valence-electron chi connectivity index (χ2n) is 7.25. The third-order valence-electron chi connectivity index (χ3n) is 5.44. The van der Waals surface area contributed by atoms with Gasteiger partial charge in [-0.25, -0.2) is 0 Å². The average molecular weight is 397 g/mol. The van der Waals surface area contributed by atoms with Crippen molar-refractivity contribution in [3.8, 4) is 11.5 Å². The minimum Gasteiger partial charge on any atom is -0.493 e. The molecule has 0 radical (unpaired) electrons. The Kier molecular flexibility index (Phi) is 5.97. The molecule has 8 nitrogen and oxygen atoms in total. The number of carbonyl (C=O) groups excluding carboxylic acids is 1. The summed E-state index contributed by atoms with van der Waals surface area (Å²) in [5.41, 5.74) is 0. The number of rotatable bonds is 6. The quantitative estimate of drug-likeness (QED) is 0.736. The molecule has 29 heavy (non-hydrogen) atoms. The van der Waals surface area contributed by atoms with E-state index in [9.17, 15) is 4.79 Å². The number of piperazine rings is 1. The highest BCUT2D eigenvalue weighted by Gasteiger charge is 2.23. The van der Waals surface area contributed by atoms with Gasteiger partial charge < -0.3 is 24.2 Å². The molecule has 1 amide bonds. The number of anilines is 2. The molecule has 2 aromatic rings. The van der Waals surface area contributed by atoms with Gasteiger partial charge in [-0.3, -0.25) is 4.79 Å². The van der Waals surface area contributed by atoms with E-state index in [4.69, 9.17) is 9.47 Å². The lowest BCUT2D eigenvalue weighted by Gasteiger charge is -2.35. The van der Waals surface area contributed by atoms with Gasteiger partial charge in [-0.15, -0.1) is 10.2 Å². The predicted molar refractivity (Wildman–Crippen MR) is 111 cm³/mol. The molecule has 0 atom stereocenters. The van der Waals surface area contributed by atoms with Crippen LogP contribution in [0.4, 0.5) is 11.6 Å². The molecule has 0 bridgehead atoms. The number of benzene rings is 1. The van der Waals surface area contributed by atoms with Gasteiger partial charge >= 0.3 is 0 Å². The van der Waals surface area contributed by atoms with Crippen LogP contribution in [0.25, 0.3) is 0 Å². The zero-order valence-electron chi connectivity index (χ0n) is 16.8. The number of para-hydroxylation sites is 2. The molecule has 4 rings (SSSR count). The van der Waals surface area contributed by atoms with Crippen LogP contribution in [0.15, 0.2) is 36.4 Å². The molecule has 2 saturated heterocycles. The third kappa shape index (κ3) is 4.52. The van der Waals surface area contributed by atoms with Gasteiger partial charge in [-0.2, -0.15) is 0 Å². The van der Waals surface area contributed by atoms with Gasteiger partial charge in [-0.05, 0) is 37.1 Å². The fourth-order valence-corrected chi connectivity index (χ4v) is 3.76. The SMILES string of the molecule is COc1ccccc1OCC(=O)N1CCN(c2ccc(N3CCCC3)nn2)CC1. The van der Waals surface area contributed by atoms with Crippen LogP contribution in [0.1, 0.15) is 12.8 Å². The molecule has 2 fully saturated rings. The van der Waals surface area contributed by atoms with Crippen LogP contribution < -0.4 is 19.3 Å². The summed E-state index contributed by atoms with van der Waals surface area (Å²) in [6.45, 7) is 4.88. The summed E-state index contributed by atoms with van der Waals surface area (Å²) in [4.78, 5) is 18.8. The van der Waals surface area contributed by atoms with E-state index in [1.807, 2.05) is 35.2 Å². The zero-order chi connectivity index (χ0) is 20.1. The lowest BCUT2D eigenvalue weighted by Crippen LogP contribution is -2.50. The van der Waals surface area contributed by atoms with Crippen LogP contribution in [-0.4, -0.2) is 74.0 Å². The molecule has 0 unspecified atom stereocenters. The van der Waals surface area contributed by atoms with E-state index in [1.165, 1.54) is 12.8 Å². The Morgan fingerprint density at radius 3 is 2.03 bits per heavy atom.